The third-order valence-corrected chi connectivity index (χ3v) is 1.69. The molecule has 0 aromatic carbocycles. The Kier molecular flexibility index (Phi) is 3.48. The summed E-state index contributed by atoms with van der Waals surface area (Å²) in [6, 6.07) is 0. The molecule has 0 radical (unpaired) electrons. The molecule has 1 heterocycles. The number of hydrogen-bond donors (Lipinski definition) is 4. The highest BCUT2D eigenvalue weighted by molar-refractivity contribution is 5.88. The molecule has 1 aliphatic rings. The Labute approximate surface area is 76.3 Å². The van der Waals surface area contributed by atoms with Crippen LogP contribution in [0.15, 0.2) is 23.9 Å². The van der Waals surface area contributed by atoms with Gasteiger partial charge in [-0.2, -0.15) is 0 Å². The van der Waals surface area contributed by atoms with E-state index in [0.717, 1.165) is 0 Å². The molecule has 0 saturated heterocycles. The molecule has 0 amide bonds. The van der Waals surface area contributed by atoms with Gasteiger partial charge in [0, 0.05) is 13.1 Å². The van der Waals surface area contributed by atoms with E-state index in [9.17, 15) is 4.79 Å². The van der Waals surface area contributed by atoms with Crippen molar-refractivity contribution < 1.29 is 9.90 Å². The molecule has 5 N–H and O–H groups in total. The number of dihydropyridines is 1. The lowest BCUT2D eigenvalue weighted by Crippen LogP contribution is -2.46. The number of allylic oxidation sites excluding steroid dienone is 2. The number of rotatable bonds is 4. The van der Waals surface area contributed by atoms with Crippen LogP contribution in [0.3, 0.4) is 0 Å². The Hall–Kier alpha value is -1.33. The Morgan fingerprint density at radius 2 is 2.54 bits per heavy atom. The van der Waals surface area contributed by atoms with Gasteiger partial charge in [-0.25, -0.2) is 4.79 Å². The number of nitrogens with two attached hydrogens (primary N) is 1. The second-order valence-corrected chi connectivity index (χ2v) is 2.63. The lowest BCUT2D eigenvalue weighted by Gasteiger charge is -2.21. The first-order valence-electron chi connectivity index (χ1n) is 4.05. The fourth-order valence-electron chi connectivity index (χ4n) is 1.08. The van der Waals surface area contributed by atoms with Crippen LogP contribution in [0.2, 0.25) is 0 Å². The van der Waals surface area contributed by atoms with Crippen LogP contribution in [-0.4, -0.2) is 30.3 Å². The quantitative estimate of drug-likeness (QED) is 0.448. The summed E-state index contributed by atoms with van der Waals surface area (Å²) in [7, 11) is 0. The van der Waals surface area contributed by atoms with E-state index < -0.39 is 5.97 Å². The van der Waals surface area contributed by atoms with Crippen LogP contribution in [0.4, 0.5) is 0 Å². The van der Waals surface area contributed by atoms with Gasteiger partial charge in [0.05, 0.1) is 5.57 Å². The van der Waals surface area contributed by atoms with Crippen LogP contribution in [0, 0.1) is 0 Å². The van der Waals surface area contributed by atoms with E-state index in [1.807, 2.05) is 0 Å². The van der Waals surface area contributed by atoms with Crippen molar-refractivity contribution in [2.45, 2.75) is 6.17 Å². The zero-order chi connectivity index (χ0) is 9.68. The van der Waals surface area contributed by atoms with Crippen molar-refractivity contribution in [2.75, 3.05) is 13.1 Å². The molecule has 5 nitrogen and oxygen atoms in total. The number of carboxylic acids is 1. The predicted octanol–water partition coefficient (Wildman–Crippen LogP) is -1.01. The van der Waals surface area contributed by atoms with Crippen LogP contribution in [0.25, 0.3) is 0 Å². The van der Waals surface area contributed by atoms with Gasteiger partial charge in [0.1, 0.15) is 6.17 Å². The van der Waals surface area contributed by atoms with Gasteiger partial charge >= 0.3 is 5.97 Å². The summed E-state index contributed by atoms with van der Waals surface area (Å²) >= 11 is 0. The minimum Gasteiger partial charge on any atom is -0.478 e. The molecule has 0 saturated carbocycles. The summed E-state index contributed by atoms with van der Waals surface area (Å²) < 4.78 is 0. The zero-order valence-corrected chi connectivity index (χ0v) is 7.16. The Morgan fingerprint density at radius 3 is 3.15 bits per heavy atom. The van der Waals surface area contributed by atoms with Gasteiger partial charge in [-0.05, 0) is 18.4 Å². The smallest absolute Gasteiger partial charge is 0.335 e. The van der Waals surface area contributed by atoms with Crippen LogP contribution >= 0.6 is 0 Å². The molecular weight excluding hydrogens is 170 g/mol. The monoisotopic (exact) mass is 183 g/mol. The van der Waals surface area contributed by atoms with Crippen LogP contribution < -0.4 is 16.4 Å². The van der Waals surface area contributed by atoms with E-state index in [2.05, 4.69) is 10.6 Å². The number of aliphatic carboxylic acids is 1. The second kappa shape index (κ2) is 4.64. The SMILES string of the molecule is NCCNC1NC=CC=C1C(=O)O. The molecule has 1 unspecified atom stereocenters. The van der Waals surface area contributed by atoms with Gasteiger partial charge in [-0.1, -0.05) is 0 Å². The first-order valence-corrected chi connectivity index (χ1v) is 4.05. The second-order valence-electron chi connectivity index (χ2n) is 2.63. The van der Waals surface area contributed by atoms with E-state index >= 15 is 0 Å². The van der Waals surface area contributed by atoms with Gasteiger partial charge in [0.2, 0.25) is 0 Å². The van der Waals surface area contributed by atoms with Gasteiger partial charge < -0.3 is 16.2 Å². The molecule has 1 rings (SSSR count). The molecule has 0 aliphatic carbocycles. The van der Waals surface area contributed by atoms with E-state index in [0.29, 0.717) is 18.7 Å². The molecule has 0 fully saturated rings. The maximum Gasteiger partial charge on any atom is 0.335 e. The van der Waals surface area contributed by atoms with E-state index in [1.165, 1.54) is 0 Å². The van der Waals surface area contributed by atoms with Crippen molar-refractivity contribution in [1.82, 2.24) is 10.6 Å². The van der Waals surface area contributed by atoms with E-state index in [-0.39, 0.29) is 6.17 Å². The van der Waals surface area contributed by atoms with Crippen molar-refractivity contribution in [1.29, 1.82) is 0 Å². The topological polar surface area (TPSA) is 87.4 Å². The highest BCUT2D eigenvalue weighted by atomic mass is 16.4. The number of carboxylic acid groups (broad SMARTS) is 1. The molecule has 72 valence electrons. The normalized spacial score (nSPS) is 20.7. The Bertz CT molecular complexity index is 248. The largest absolute Gasteiger partial charge is 0.478 e. The molecule has 0 bridgehead atoms. The summed E-state index contributed by atoms with van der Waals surface area (Å²) in [4.78, 5) is 10.7. The Morgan fingerprint density at radius 1 is 1.77 bits per heavy atom. The van der Waals surface area contributed by atoms with Gasteiger partial charge in [-0.3, -0.25) is 5.32 Å². The summed E-state index contributed by atoms with van der Waals surface area (Å²) in [6.45, 7) is 1.06. The molecule has 0 spiro atoms. The first kappa shape index (κ1) is 9.76. The summed E-state index contributed by atoms with van der Waals surface area (Å²) in [5.74, 6) is -0.925. The third kappa shape index (κ3) is 2.57. The molecule has 5 heteroatoms. The lowest BCUT2D eigenvalue weighted by atomic mass is 10.1. The minimum absolute atomic E-state index is 0.302. The fraction of sp³-hybridized carbons (Fsp3) is 0.375. The summed E-state index contributed by atoms with van der Waals surface area (Å²) in [5, 5.41) is 14.6. The molecular formula is C8H13N3O2. The molecule has 13 heavy (non-hydrogen) atoms. The van der Waals surface area contributed by atoms with Crippen molar-refractivity contribution in [2.24, 2.45) is 5.73 Å². The number of hydrogen-bond acceptors (Lipinski definition) is 4. The fourth-order valence-corrected chi connectivity index (χ4v) is 1.08. The van der Waals surface area contributed by atoms with Gasteiger partial charge in [0.15, 0.2) is 0 Å². The van der Waals surface area contributed by atoms with Crippen LogP contribution in [0.5, 0.6) is 0 Å². The average molecular weight is 183 g/mol. The minimum atomic E-state index is -0.925. The predicted molar refractivity (Wildman–Crippen MR) is 48.8 cm³/mol. The molecule has 0 aromatic heterocycles. The molecule has 0 aromatic rings. The van der Waals surface area contributed by atoms with E-state index in [1.54, 1.807) is 18.4 Å². The maximum atomic E-state index is 10.7. The molecule has 1 aliphatic heterocycles. The summed E-state index contributed by atoms with van der Waals surface area (Å²) in [6.07, 6.45) is 4.57. The highest BCUT2D eigenvalue weighted by Gasteiger charge is 2.19. The van der Waals surface area contributed by atoms with Gasteiger partial charge in [-0.15, -0.1) is 0 Å². The highest BCUT2D eigenvalue weighted by Crippen LogP contribution is 2.04. The molecule has 1 atom stereocenters. The van der Waals surface area contributed by atoms with Crippen molar-refractivity contribution in [3.63, 3.8) is 0 Å². The van der Waals surface area contributed by atoms with Crippen LogP contribution in [-0.2, 0) is 4.79 Å². The first-order chi connectivity index (χ1) is 6.25. The number of nitrogens with one attached hydrogen (secondary N) is 2. The van der Waals surface area contributed by atoms with Crippen molar-refractivity contribution >= 4 is 5.97 Å². The summed E-state index contributed by atoms with van der Waals surface area (Å²) in [5.41, 5.74) is 5.59. The van der Waals surface area contributed by atoms with Crippen molar-refractivity contribution in [3.05, 3.63) is 23.9 Å². The van der Waals surface area contributed by atoms with Crippen molar-refractivity contribution in [3.8, 4) is 0 Å². The standard InChI is InChI=1S/C8H13N3O2/c9-3-5-11-7-6(8(12)13)2-1-4-10-7/h1-2,4,7,10-11H,3,5,9H2,(H,12,13). The van der Waals surface area contributed by atoms with Gasteiger partial charge in [0.25, 0.3) is 0 Å². The Balaban J connectivity index is 2.58. The maximum absolute atomic E-state index is 10.7. The van der Waals surface area contributed by atoms with Crippen LogP contribution in [0.1, 0.15) is 0 Å². The zero-order valence-electron chi connectivity index (χ0n) is 7.16. The average Bonchev–Trinajstić information content (AvgIpc) is 2.15. The van der Waals surface area contributed by atoms with E-state index in [4.69, 9.17) is 10.8 Å². The third-order valence-electron chi connectivity index (χ3n) is 1.69. The number of carbonyl (C=O) groups is 1. The lowest BCUT2D eigenvalue weighted by molar-refractivity contribution is -0.133.